The van der Waals surface area contributed by atoms with Crippen molar-refractivity contribution in [3.63, 3.8) is 0 Å². The second kappa shape index (κ2) is 12.4. The van der Waals surface area contributed by atoms with Crippen LogP contribution in [0.3, 0.4) is 0 Å². The number of carbonyl (C=O) groups is 2. The lowest BCUT2D eigenvalue weighted by Gasteiger charge is -2.29. The van der Waals surface area contributed by atoms with Crippen molar-refractivity contribution in [1.29, 1.82) is 0 Å². The Morgan fingerprint density at radius 2 is 1.82 bits per heavy atom. The minimum absolute atomic E-state index is 0.152. The number of halogens is 1. The summed E-state index contributed by atoms with van der Waals surface area (Å²) in [5.41, 5.74) is 0. The van der Waals surface area contributed by atoms with Crippen LogP contribution in [0.5, 0.6) is 0 Å². The van der Waals surface area contributed by atoms with Crippen LogP contribution in [-0.4, -0.2) is 35.7 Å². The number of hydrogen-bond acceptors (Lipinski definition) is 5. The van der Waals surface area contributed by atoms with E-state index in [1.165, 1.54) is 0 Å². The van der Waals surface area contributed by atoms with Crippen molar-refractivity contribution >= 4 is 20.1 Å². The summed E-state index contributed by atoms with van der Waals surface area (Å²) in [5, 5.41) is 2.15. The molecule has 7 nitrogen and oxygen atoms in total. The minimum atomic E-state index is -2.47. The molecule has 0 saturated heterocycles. The van der Waals surface area contributed by atoms with Crippen LogP contribution in [0.2, 0.25) is 0 Å². The molecule has 1 aliphatic rings. The van der Waals surface area contributed by atoms with E-state index in [0.29, 0.717) is 18.5 Å². The largest absolute Gasteiger partial charge is 0.425 e. The molecule has 5 atom stereocenters. The quantitative estimate of drug-likeness (QED) is 0.236. The Hall–Kier alpha value is -1.14. The first kappa shape index (κ1) is 24.9. The van der Waals surface area contributed by atoms with Gasteiger partial charge in [0.25, 0.3) is 6.29 Å². The van der Waals surface area contributed by atoms with Crippen LogP contribution in [0.1, 0.15) is 66.2 Å². The summed E-state index contributed by atoms with van der Waals surface area (Å²) in [4.78, 5) is 32.7. The number of esters is 1. The average Bonchev–Trinajstić information content (AvgIpc) is 2.58. The highest BCUT2D eigenvalue weighted by atomic mass is 31.1. The smallest absolute Gasteiger partial charge is 0.412 e. The molecule has 0 bridgehead atoms. The second-order valence-electron chi connectivity index (χ2n) is 8.30. The van der Waals surface area contributed by atoms with Gasteiger partial charge in [-0.1, -0.05) is 40.5 Å². The monoisotopic (exact) mass is 423 g/mol. The molecule has 1 amide bonds. The number of hydrogen-bond donors (Lipinski definition) is 2. The van der Waals surface area contributed by atoms with E-state index in [0.717, 1.165) is 25.7 Å². The molecule has 2 N–H and O–H groups in total. The molecular weight excluding hydrogens is 388 g/mol. The van der Waals surface area contributed by atoms with Gasteiger partial charge in [-0.3, -0.25) is 14.7 Å². The molecule has 1 saturated carbocycles. The topological polar surface area (TPSA) is 102 Å². The standard InChI is InChI=1S/C19H35FNO6P/c1-12(2)17(22)26-18(13(3)4)27-19(23)21-16(20)9-8-14-6-5-7-15(10-14)11-28(24)25/h12-16,18,28H,5-11H2,1-4H3,(H,21,23)(H,24,25)/t14?,15?,16?,18-/m0/s1. The van der Waals surface area contributed by atoms with Crippen molar-refractivity contribution in [2.24, 2.45) is 23.7 Å². The van der Waals surface area contributed by atoms with E-state index in [9.17, 15) is 18.5 Å². The van der Waals surface area contributed by atoms with Gasteiger partial charge in [-0.25, -0.2) is 9.18 Å². The molecule has 0 heterocycles. The lowest BCUT2D eigenvalue weighted by atomic mass is 9.80. The Morgan fingerprint density at radius 3 is 2.39 bits per heavy atom. The van der Waals surface area contributed by atoms with Crippen LogP contribution in [0.25, 0.3) is 0 Å². The van der Waals surface area contributed by atoms with Gasteiger partial charge < -0.3 is 14.4 Å². The lowest BCUT2D eigenvalue weighted by Crippen LogP contribution is -2.38. The van der Waals surface area contributed by atoms with Gasteiger partial charge >= 0.3 is 12.1 Å². The van der Waals surface area contributed by atoms with E-state index in [1.807, 2.05) is 0 Å². The summed E-state index contributed by atoms with van der Waals surface area (Å²) >= 11 is 0. The summed E-state index contributed by atoms with van der Waals surface area (Å²) < 4.78 is 35.4. The van der Waals surface area contributed by atoms with Crippen molar-refractivity contribution in [2.45, 2.75) is 78.8 Å². The maximum absolute atomic E-state index is 14.2. The Labute approximate surface area is 167 Å². The maximum Gasteiger partial charge on any atom is 0.412 e. The molecule has 28 heavy (non-hydrogen) atoms. The van der Waals surface area contributed by atoms with Crippen LogP contribution in [-0.2, 0) is 18.8 Å². The van der Waals surface area contributed by atoms with Gasteiger partial charge in [0.15, 0.2) is 14.3 Å². The molecular formula is C19H35FNO6P. The number of carbonyl (C=O) groups excluding carboxylic acids is 2. The Bertz CT molecular complexity index is 531. The minimum Gasteiger partial charge on any atom is -0.425 e. The van der Waals surface area contributed by atoms with E-state index in [4.69, 9.17) is 14.4 Å². The first-order valence-corrected chi connectivity index (χ1v) is 11.7. The van der Waals surface area contributed by atoms with Gasteiger partial charge in [0.1, 0.15) is 0 Å². The summed E-state index contributed by atoms with van der Waals surface area (Å²) in [7, 11) is -2.47. The molecule has 1 fully saturated rings. The molecule has 164 valence electrons. The Morgan fingerprint density at radius 1 is 1.18 bits per heavy atom. The highest BCUT2D eigenvalue weighted by molar-refractivity contribution is 7.38. The number of ether oxygens (including phenoxy) is 2. The van der Waals surface area contributed by atoms with Crippen molar-refractivity contribution in [3.05, 3.63) is 0 Å². The van der Waals surface area contributed by atoms with E-state index in [1.54, 1.807) is 27.7 Å². The van der Waals surface area contributed by atoms with Crippen LogP contribution < -0.4 is 5.32 Å². The van der Waals surface area contributed by atoms with Crippen LogP contribution in [0, 0.1) is 23.7 Å². The van der Waals surface area contributed by atoms with Crippen molar-refractivity contribution in [1.82, 2.24) is 5.32 Å². The second-order valence-corrected chi connectivity index (χ2v) is 9.49. The zero-order valence-corrected chi connectivity index (χ0v) is 18.3. The van der Waals surface area contributed by atoms with Gasteiger partial charge in [0, 0.05) is 12.1 Å². The SMILES string of the molecule is CC(C)C(=O)O[C@@H](OC(=O)NC(F)CCC1CCCC(C[PH](=O)O)C1)C(C)C. The van der Waals surface area contributed by atoms with Gasteiger partial charge in [0.2, 0.25) is 0 Å². The van der Waals surface area contributed by atoms with Crippen molar-refractivity contribution in [3.8, 4) is 0 Å². The number of nitrogens with one attached hydrogen (secondary N) is 1. The molecule has 9 heteroatoms. The molecule has 0 aromatic heterocycles. The summed E-state index contributed by atoms with van der Waals surface area (Å²) in [5.74, 6) is -0.573. The molecule has 0 aromatic rings. The van der Waals surface area contributed by atoms with E-state index < -0.39 is 32.7 Å². The van der Waals surface area contributed by atoms with Crippen molar-refractivity contribution in [2.75, 3.05) is 6.16 Å². The van der Waals surface area contributed by atoms with E-state index in [2.05, 4.69) is 5.32 Å². The fraction of sp³-hybridized carbons (Fsp3) is 0.895. The third-order valence-corrected chi connectivity index (χ3v) is 5.86. The first-order chi connectivity index (χ1) is 13.1. The van der Waals surface area contributed by atoms with Gasteiger partial charge in [-0.05, 0) is 37.5 Å². The normalized spacial score (nSPS) is 23.1. The zero-order chi connectivity index (χ0) is 21.3. The van der Waals surface area contributed by atoms with Crippen LogP contribution in [0.15, 0.2) is 0 Å². The third-order valence-electron chi connectivity index (χ3n) is 4.93. The molecule has 1 aliphatic carbocycles. The number of alkyl halides is 1. The molecule has 0 aliphatic heterocycles. The highest BCUT2D eigenvalue weighted by Crippen LogP contribution is 2.36. The van der Waals surface area contributed by atoms with Crippen molar-refractivity contribution < 1.29 is 32.9 Å². The average molecular weight is 423 g/mol. The summed E-state index contributed by atoms with van der Waals surface area (Å²) in [6, 6.07) is 0. The Kier molecular flexibility index (Phi) is 11.1. The zero-order valence-electron chi connectivity index (χ0n) is 17.3. The van der Waals surface area contributed by atoms with E-state index in [-0.39, 0.29) is 24.2 Å². The number of amides is 1. The fourth-order valence-corrected chi connectivity index (χ4v) is 4.23. The molecule has 0 aromatic carbocycles. The van der Waals surface area contributed by atoms with Crippen LogP contribution >= 0.6 is 8.03 Å². The summed E-state index contributed by atoms with van der Waals surface area (Å²) in [6.45, 7) is 6.82. The predicted molar refractivity (Wildman–Crippen MR) is 105 cm³/mol. The van der Waals surface area contributed by atoms with Gasteiger partial charge in [0.05, 0.1) is 5.92 Å². The first-order valence-electron chi connectivity index (χ1n) is 10.1. The molecule has 1 rings (SSSR count). The fourth-order valence-electron chi connectivity index (χ4n) is 3.37. The maximum atomic E-state index is 14.2. The molecule has 0 radical (unpaired) electrons. The summed E-state index contributed by atoms with van der Waals surface area (Å²) in [6.07, 6.45) is 1.24. The van der Waals surface area contributed by atoms with E-state index >= 15 is 0 Å². The third kappa shape index (κ3) is 9.87. The van der Waals surface area contributed by atoms with Crippen LogP contribution in [0.4, 0.5) is 9.18 Å². The molecule has 4 unspecified atom stereocenters. The van der Waals surface area contributed by atoms with Gasteiger partial charge in [-0.15, -0.1) is 0 Å². The van der Waals surface area contributed by atoms with Gasteiger partial charge in [-0.2, -0.15) is 0 Å². The highest BCUT2D eigenvalue weighted by Gasteiger charge is 2.27. The number of alkyl carbamates (subject to hydrolysis) is 1. The molecule has 0 spiro atoms. The number of rotatable bonds is 10. The predicted octanol–water partition coefficient (Wildman–Crippen LogP) is 4.24. The lowest BCUT2D eigenvalue weighted by molar-refractivity contribution is -0.178. The Balaban J connectivity index is 2.38.